The summed E-state index contributed by atoms with van der Waals surface area (Å²) in [6.07, 6.45) is 0. The maximum absolute atomic E-state index is 12.2. The van der Waals surface area contributed by atoms with Gasteiger partial charge in [0.1, 0.15) is 11.8 Å². The Morgan fingerprint density at radius 3 is 2.50 bits per heavy atom. The molecule has 0 aliphatic heterocycles. The van der Waals surface area contributed by atoms with E-state index in [9.17, 15) is 13.6 Å². The van der Waals surface area contributed by atoms with Crippen LogP contribution in [0.2, 0.25) is 0 Å². The summed E-state index contributed by atoms with van der Waals surface area (Å²) in [6, 6.07) is 5.73. The van der Waals surface area contributed by atoms with Crippen molar-refractivity contribution in [2.45, 2.75) is 19.6 Å². The topological polar surface area (TPSA) is 41.6 Å². The molecule has 1 N–H and O–H groups in total. The van der Waals surface area contributed by atoms with Crippen molar-refractivity contribution >= 4 is 11.6 Å². The highest BCUT2D eigenvalue weighted by molar-refractivity contribution is 5.84. The van der Waals surface area contributed by atoms with E-state index in [4.69, 9.17) is 0 Å². The summed E-state index contributed by atoms with van der Waals surface area (Å²) in [7, 11) is 3.25. The molecule has 0 heterocycles. The van der Waals surface area contributed by atoms with Gasteiger partial charge in [-0.2, -0.15) is 8.78 Å². The van der Waals surface area contributed by atoms with E-state index in [1.807, 2.05) is 0 Å². The van der Waals surface area contributed by atoms with E-state index >= 15 is 0 Å². The number of benzene rings is 1. The lowest BCUT2D eigenvalue weighted by Gasteiger charge is -2.20. The molecule has 1 aromatic carbocycles. The Bertz CT molecular complexity index is 411. The fourth-order valence-electron chi connectivity index (χ4n) is 1.47. The van der Waals surface area contributed by atoms with E-state index in [0.717, 1.165) is 0 Å². The molecule has 0 spiro atoms. The third kappa shape index (κ3) is 3.87. The highest BCUT2D eigenvalue weighted by Gasteiger charge is 2.17. The normalized spacial score (nSPS) is 12.1. The highest BCUT2D eigenvalue weighted by Crippen LogP contribution is 2.26. The minimum Gasteiger partial charge on any atom is -0.433 e. The Morgan fingerprint density at radius 1 is 1.33 bits per heavy atom. The minimum absolute atomic E-state index is 0.0194. The Morgan fingerprint density at radius 2 is 1.94 bits per heavy atom. The van der Waals surface area contributed by atoms with Crippen molar-refractivity contribution in [2.75, 3.05) is 19.4 Å². The van der Waals surface area contributed by atoms with E-state index in [1.165, 1.54) is 11.0 Å². The van der Waals surface area contributed by atoms with Crippen LogP contribution in [0.1, 0.15) is 6.92 Å². The molecule has 0 aromatic heterocycles. The number of halogens is 2. The molecule has 0 saturated heterocycles. The number of anilines is 1. The molecule has 0 aliphatic carbocycles. The smallest absolute Gasteiger partial charge is 0.387 e. The fraction of sp³-hybridized carbons (Fsp3) is 0.417. The zero-order chi connectivity index (χ0) is 13.7. The fourth-order valence-corrected chi connectivity index (χ4v) is 1.47. The molecule has 0 saturated carbocycles. The first kappa shape index (κ1) is 14.2. The third-order valence-corrected chi connectivity index (χ3v) is 2.29. The number of rotatable bonds is 5. The van der Waals surface area contributed by atoms with Crippen LogP contribution >= 0.6 is 0 Å². The monoisotopic (exact) mass is 258 g/mol. The predicted molar refractivity (Wildman–Crippen MR) is 64.9 cm³/mol. The number of alkyl halides is 2. The van der Waals surface area contributed by atoms with Crippen molar-refractivity contribution in [1.29, 1.82) is 0 Å². The predicted octanol–water partition coefficient (Wildman–Crippen LogP) is 2.18. The number of para-hydroxylation sites is 2. The van der Waals surface area contributed by atoms with Gasteiger partial charge in [-0.3, -0.25) is 4.79 Å². The summed E-state index contributed by atoms with van der Waals surface area (Å²) >= 11 is 0. The van der Waals surface area contributed by atoms with Crippen molar-refractivity contribution in [1.82, 2.24) is 4.90 Å². The van der Waals surface area contributed by atoms with Gasteiger partial charge >= 0.3 is 6.61 Å². The molecule has 6 heteroatoms. The lowest BCUT2D eigenvalue weighted by molar-refractivity contribution is -0.129. The average Bonchev–Trinajstić information content (AvgIpc) is 2.29. The minimum atomic E-state index is -2.90. The van der Waals surface area contributed by atoms with E-state index in [-0.39, 0.29) is 11.7 Å². The summed E-state index contributed by atoms with van der Waals surface area (Å²) in [4.78, 5) is 13.1. The molecule has 0 fully saturated rings. The molecule has 1 rings (SSSR count). The summed E-state index contributed by atoms with van der Waals surface area (Å²) < 4.78 is 28.8. The number of likely N-dealkylation sites (N-methyl/N-ethyl adjacent to an activating group) is 1. The van der Waals surface area contributed by atoms with Crippen LogP contribution in [0.15, 0.2) is 24.3 Å². The Balaban J connectivity index is 2.80. The molecule has 4 nitrogen and oxygen atoms in total. The van der Waals surface area contributed by atoms with Crippen LogP contribution < -0.4 is 10.1 Å². The Labute approximate surface area is 105 Å². The SMILES string of the molecule is CC(Nc1ccccc1OC(F)F)C(=O)N(C)C. The molecule has 0 bridgehead atoms. The second kappa shape index (κ2) is 6.18. The molecule has 0 aliphatic rings. The number of carbonyl (C=O) groups excluding carboxylic acids is 1. The molecule has 18 heavy (non-hydrogen) atoms. The summed E-state index contributed by atoms with van der Waals surface area (Å²) in [5.74, 6) is -0.132. The van der Waals surface area contributed by atoms with Gasteiger partial charge in [0.15, 0.2) is 0 Å². The van der Waals surface area contributed by atoms with Crippen LogP contribution in [0.5, 0.6) is 5.75 Å². The number of hydrogen-bond acceptors (Lipinski definition) is 3. The summed E-state index contributed by atoms with van der Waals surface area (Å²) in [6.45, 7) is -1.24. The number of ether oxygens (including phenoxy) is 1. The zero-order valence-corrected chi connectivity index (χ0v) is 10.5. The van der Waals surface area contributed by atoms with Crippen LogP contribution in [0.25, 0.3) is 0 Å². The largest absolute Gasteiger partial charge is 0.433 e. The number of carbonyl (C=O) groups is 1. The maximum atomic E-state index is 12.2. The number of amides is 1. The maximum Gasteiger partial charge on any atom is 0.387 e. The quantitative estimate of drug-likeness (QED) is 0.880. The molecule has 1 atom stereocenters. The van der Waals surface area contributed by atoms with Crippen molar-refractivity contribution in [3.63, 3.8) is 0 Å². The summed E-state index contributed by atoms with van der Waals surface area (Å²) in [5.41, 5.74) is 0.362. The average molecular weight is 258 g/mol. The van der Waals surface area contributed by atoms with E-state index in [2.05, 4.69) is 10.1 Å². The molecular weight excluding hydrogens is 242 g/mol. The van der Waals surface area contributed by atoms with Gasteiger partial charge in [-0.15, -0.1) is 0 Å². The molecule has 0 radical (unpaired) electrons. The van der Waals surface area contributed by atoms with Gasteiger partial charge in [-0.25, -0.2) is 0 Å². The highest BCUT2D eigenvalue weighted by atomic mass is 19.3. The van der Waals surface area contributed by atoms with Crippen molar-refractivity contribution in [3.8, 4) is 5.75 Å². The van der Waals surface area contributed by atoms with Gasteiger partial charge in [0.25, 0.3) is 0 Å². The van der Waals surface area contributed by atoms with Crippen molar-refractivity contribution in [2.24, 2.45) is 0 Å². The van der Waals surface area contributed by atoms with Gasteiger partial charge < -0.3 is 15.0 Å². The number of nitrogens with one attached hydrogen (secondary N) is 1. The van der Waals surface area contributed by atoms with Gasteiger partial charge in [0, 0.05) is 14.1 Å². The van der Waals surface area contributed by atoms with E-state index in [0.29, 0.717) is 5.69 Å². The van der Waals surface area contributed by atoms with Gasteiger partial charge in [0.05, 0.1) is 5.69 Å². The second-order valence-corrected chi connectivity index (χ2v) is 3.97. The van der Waals surface area contributed by atoms with Crippen LogP contribution in [0.4, 0.5) is 14.5 Å². The first-order valence-electron chi connectivity index (χ1n) is 5.43. The molecule has 1 unspecified atom stereocenters. The van der Waals surface area contributed by atoms with Gasteiger partial charge in [0.2, 0.25) is 5.91 Å². The standard InChI is InChI=1S/C12H16F2N2O2/c1-8(11(17)16(2)3)15-9-6-4-5-7-10(9)18-12(13)14/h4-8,12,15H,1-3H3. The number of nitrogens with zero attached hydrogens (tertiary/aromatic N) is 1. The third-order valence-electron chi connectivity index (χ3n) is 2.29. The summed E-state index contributed by atoms with van der Waals surface area (Å²) in [5, 5.41) is 2.85. The van der Waals surface area contributed by atoms with E-state index in [1.54, 1.807) is 39.2 Å². The molecule has 100 valence electrons. The first-order valence-corrected chi connectivity index (χ1v) is 5.43. The van der Waals surface area contributed by atoms with Crippen LogP contribution in [0.3, 0.4) is 0 Å². The van der Waals surface area contributed by atoms with Crippen LogP contribution in [-0.4, -0.2) is 37.6 Å². The molecular formula is C12H16F2N2O2. The second-order valence-electron chi connectivity index (χ2n) is 3.97. The molecule has 1 aromatic rings. The van der Waals surface area contributed by atoms with Gasteiger partial charge in [-0.05, 0) is 19.1 Å². The Kier molecular flexibility index (Phi) is 4.88. The molecule has 1 amide bonds. The Hall–Kier alpha value is -1.85. The lowest BCUT2D eigenvalue weighted by Crippen LogP contribution is -2.36. The lowest BCUT2D eigenvalue weighted by atomic mass is 10.2. The van der Waals surface area contributed by atoms with Crippen molar-refractivity contribution < 1.29 is 18.3 Å². The zero-order valence-electron chi connectivity index (χ0n) is 10.5. The van der Waals surface area contributed by atoms with Crippen LogP contribution in [-0.2, 0) is 4.79 Å². The van der Waals surface area contributed by atoms with E-state index < -0.39 is 12.7 Å². The van der Waals surface area contributed by atoms with Crippen molar-refractivity contribution in [3.05, 3.63) is 24.3 Å². The van der Waals surface area contributed by atoms with Gasteiger partial charge in [-0.1, -0.05) is 12.1 Å². The van der Waals surface area contributed by atoms with Crippen LogP contribution in [0, 0.1) is 0 Å². The number of hydrogen-bond donors (Lipinski definition) is 1. The first-order chi connectivity index (χ1) is 8.41.